The second kappa shape index (κ2) is 7.10. The Morgan fingerprint density at radius 2 is 1.84 bits per heavy atom. The molecule has 2 rings (SSSR count). The largest absolute Gasteiger partial charge is 0.355 e. The molecule has 2 nitrogen and oxygen atoms in total. The molecule has 0 bridgehead atoms. The van der Waals surface area contributed by atoms with Crippen molar-refractivity contribution >= 4 is 21.8 Å². The number of nitrogens with one attached hydrogen (secondary N) is 1. The first-order valence-electron chi connectivity index (χ1n) is 7.99. The Labute approximate surface area is 126 Å². The monoisotopic (exact) mass is 329 g/mol. The quantitative estimate of drug-likeness (QED) is 0.772. The van der Waals surface area contributed by atoms with Crippen molar-refractivity contribution in [1.82, 2.24) is 5.32 Å². The maximum absolute atomic E-state index is 12.3. The number of rotatable bonds is 4. The van der Waals surface area contributed by atoms with Gasteiger partial charge in [-0.15, -0.1) is 0 Å². The summed E-state index contributed by atoms with van der Waals surface area (Å²) in [7, 11) is 0. The van der Waals surface area contributed by atoms with Crippen LogP contribution < -0.4 is 5.32 Å². The average Bonchev–Trinajstić information content (AvgIpc) is 2.43. The summed E-state index contributed by atoms with van der Waals surface area (Å²) in [5.41, 5.74) is 0. The van der Waals surface area contributed by atoms with Gasteiger partial charge >= 0.3 is 0 Å². The number of fused-ring (bicyclic) bond motifs is 1. The summed E-state index contributed by atoms with van der Waals surface area (Å²) >= 11 is 3.64. The SMILES string of the molecule is CC(C)C(Br)CNC(=O)C1CCC2CCCCC2C1. The van der Waals surface area contributed by atoms with Crippen LogP contribution in [0.2, 0.25) is 0 Å². The second-order valence-electron chi connectivity index (χ2n) is 6.82. The maximum atomic E-state index is 12.3. The van der Waals surface area contributed by atoms with E-state index in [1.165, 1.54) is 32.1 Å². The molecule has 0 spiro atoms. The third kappa shape index (κ3) is 4.21. The van der Waals surface area contributed by atoms with Crippen molar-refractivity contribution in [2.75, 3.05) is 6.54 Å². The van der Waals surface area contributed by atoms with E-state index < -0.39 is 0 Å². The van der Waals surface area contributed by atoms with Gasteiger partial charge in [-0.2, -0.15) is 0 Å². The molecule has 2 aliphatic rings. The van der Waals surface area contributed by atoms with E-state index in [-0.39, 0.29) is 5.92 Å². The van der Waals surface area contributed by atoms with Crippen molar-refractivity contribution in [1.29, 1.82) is 0 Å². The number of carbonyl (C=O) groups excluding carboxylic acids is 1. The fourth-order valence-electron chi connectivity index (χ4n) is 3.69. The lowest BCUT2D eigenvalue weighted by Gasteiger charge is -2.38. The Balaban J connectivity index is 1.77. The molecule has 0 saturated heterocycles. The molecular weight excluding hydrogens is 302 g/mol. The summed E-state index contributed by atoms with van der Waals surface area (Å²) in [4.78, 5) is 12.7. The molecule has 110 valence electrons. The van der Waals surface area contributed by atoms with Crippen LogP contribution in [-0.2, 0) is 4.79 Å². The Hall–Kier alpha value is -0.0500. The van der Waals surface area contributed by atoms with Crippen molar-refractivity contribution < 1.29 is 4.79 Å². The van der Waals surface area contributed by atoms with Crippen molar-refractivity contribution in [3.8, 4) is 0 Å². The maximum Gasteiger partial charge on any atom is 0.223 e. The van der Waals surface area contributed by atoms with Crippen molar-refractivity contribution in [2.45, 2.75) is 63.6 Å². The predicted octanol–water partition coefficient (Wildman–Crippen LogP) is 4.13. The van der Waals surface area contributed by atoms with Crippen molar-refractivity contribution in [3.05, 3.63) is 0 Å². The molecule has 0 aliphatic heterocycles. The summed E-state index contributed by atoms with van der Waals surface area (Å²) in [5.74, 6) is 2.91. The predicted molar refractivity (Wildman–Crippen MR) is 83.4 cm³/mol. The Kier molecular flexibility index (Phi) is 5.73. The summed E-state index contributed by atoms with van der Waals surface area (Å²) in [5, 5.41) is 3.14. The van der Waals surface area contributed by atoms with Crippen LogP contribution >= 0.6 is 15.9 Å². The zero-order valence-corrected chi connectivity index (χ0v) is 13.9. The fourth-order valence-corrected chi connectivity index (χ4v) is 3.85. The molecule has 0 heterocycles. The minimum absolute atomic E-state index is 0.284. The highest BCUT2D eigenvalue weighted by atomic mass is 79.9. The third-order valence-corrected chi connectivity index (χ3v) is 6.49. The van der Waals surface area contributed by atoms with Crippen molar-refractivity contribution in [3.63, 3.8) is 0 Å². The molecule has 1 N–H and O–H groups in total. The molecule has 0 aromatic carbocycles. The van der Waals surface area contributed by atoms with Gasteiger partial charge in [-0.25, -0.2) is 0 Å². The molecular formula is C16H28BrNO. The number of carbonyl (C=O) groups is 1. The number of hydrogen-bond donors (Lipinski definition) is 1. The Morgan fingerprint density at radius 1 is 1.16 bits per heavy atom. The Bertz CT molecular complexity index is 305. The molecule has 4 unspecified atom stereocenters. The van der Waals surface area contributed by atoms with Crippen LogP contribution in [0.15, 0.2) is 0 Å². The zero-order valence-electron chi connectivity index (χ0n) is 12.3. The summed E-state index contributed by atoms with van der Waals surface area (Å²) in [6.45, 7) is 5.12. The van der Waals surface area contributed by atoms with E-state index in [2.05, 4.69) is 35.1 Å². The number of hydrogen-bond acceptors (Lipinski definition) is 1. The first kappa shape index (κ1) is 15.3. The van der Waals surface area contributed by atoms with Crippen LogP contribution in [0.1, 0.15) is 58.8 Å². The third-order valence-electron chi connectivity index (χ3n) is 5.11. The van der Waals surface area contributed by atoms with E-state index in [0.717, 1.165) is 31.2 Å². The lowest BCUT2D eigenvalue weighted by molar-refractivity contribution is -0.127. The highest BCUT2D eigenvalue weighted by Gasteiger charge is 2.34. The van der Waals surface area contributed by atoms with Crippen LogP contribution in [-0.4, -0.2) is 17.3 Å². The molecule has 2 aliphatic carbocycles. The number of amides is 1. The topological polar surface area (TPSA) is 29.1 Å². The standard InChI is InChI=1S/C16H28BrNO/c1-11(2)15(17)10-18-16(19)14-8-7-12-5-3-4-6-13(12)9-14/h11-15H,3-10H2,1-2H3,(H,18,19). The lowest BCUT2D eigenvalue weighted by atomic mass is 9.67. The minimum atomic E-state index is 0.284. The van der Waals surface area contributed by atoms with Gasteiger partial charge in [0.25, 0.3) is 0 Å². The van der Waals surface area contributed by atoms with E-state index >= 15 is 0 Å². The molecule has 4 atom stereocenters. The highest BCUT2D eigenvalue weighted by Crippen LogP contribution is 2.42. The number of alkyl halides is 1. The van der Waals surface area contributed by atoms with E-state index in [1.807, 2.05) is 0 Å². The molecule has 2 fully saturated rings. The van der Waals surface area contributed by atoms with Gasteiger partial charge in [0.2, 0.25) is 5.91 Å². The minimum Gasteiger partial charge on any atom is -0.355 e. The van der Waals surface area contributed by atoms with Gasteiger partial charge in [0.05, 0.1) is 0 Å². The highest BCUT2D eigenvalue weighted by molar-refractivity contribution is 9.09. The summed E-state index contributed by atoms with van der Waals surface area (Å²) < 4.78 is 0. The first-order chi connectivity index (χ1) is 9.08. The fraction of sp³-hybridized carbons (Fsp3) is 0.938. The van der Waals surface area contributed by atoms with Gasteiger partial charge in [-0.1, -0.05) is 55.5 Å². The number of halogens is 1. The smallest absolute Gasteiger partial charge is 0.223 e. The first-order valence-corrected chi connectivity index (χ1v) is 8.91. The normalized spacial score (nSPS) is 32.7. The summed E-state index contributed by atoms with van der Waals surface area (Å²) in [6.07, 6.45) is 9.11. The van der Waals surface area contributed by atoms with E-state index in [0.29, 0.717) is 16.7 Å². The van der Waals surface area contributed by atoms with Gasteiger partial charge in [0, 0.05) is 17.3 Å². The zero-order chi connectivity index (χ0) is 13.8. The lowest BCUT2D eigenvalue weighted by Crippen LogP contribution is -2.40. The molecule has 3 heteroatoms. The van der Waals surface area contributed by atoms with Crippen LogP contribution in [0.25, 0.3) is 0 Å². The Morgan fingerprint density at radius 3 is 2.53 bits per heavy atom. The van der Waals surface area contributed by atoms with E-state index in [9.17, 15) is 4.79 Å². The molecule has 0 aromatic heterocycles. The van der Waals surface area contributed by atoms with E-state index in [4.69, 9.17) is 0 Å². The summed E-state index contributed by atoms with van der Waals surface area (Å²) in [6, 6.07) is 0. The molecule has 0 radical (unpaired) electrons. The van der Waals surface area contributed by atoms with Gasteiger partial charge < -0.3 is 5.32 Å². The van der Waals surface area contributed by atoms with Gasteiger partial charge in [-0.05, 0) is 37.0 Å². The van der Waals surface area contributed by atoms with Crippen LogP contribution in [0, 0.1) is 23.7 Å². The molecule has 1 amide bonds. The molecule has 2 saturated carbocycles. The van der Waals surface area contributed by atoms with Gasteiger partial charge in [0.15, 0.2) is 0 Å². The van der Waals surface area contributed by atoms with Gasteiger partial charge in [-0.3, -0.25) is 4.79 Å². The van der Waals surface area contributed by atoms with E-state index in [1.54, 1.807) is 0 Å². The second-order valence-corrected chi connectivity index (χ2v) is 8.00. The van der Waals surface area contributed by atoms with Crippen LogP contribution in [0.5, 0.6) is 0 Å². The molecule has 0 aromatic rings. The van der Waals surface area contributed by atoms with Crippen molar-refractivity contribution in [2.24, 2.45) is 23.7 Å². The molecule has 19 heavy (non-hydrogen) atoms. The van der Waals surface area contributed by atoms with Gasteiger partial charge in [0.1, 0.15) is 0 Å². The van der Waals surface area contributed by atoms with Crippen LogP contribution in [0.4, 0.5) is 0 Å². The van der Waals surface area contributed by atoms with Crippen LogP contribution in [0.3, 0.4) is 0 Å². The average molecular weight is 330 g/mol.